The molecule has 1 rings (SSSR count). The van der Waals surface area contributed by atoms with E-state index in [0.717, 1.165) is 4.58 Å². The van der Waals surface area contributed by atoms with Gasteiger partial charge in [0.2, 0.25) is 0 Å². The highest BCUT2D eigenvalue weighted by atomic mass is 32.2. The van der Waals surface area contributed by atoms with Gasteiger partial charge in [-0.15, -0.1) is 47.0 Å². The van der Waals surface area contributed by atoms with Gasteiger partial charge in [0.25, 0.3) is 0 Å². The van der Waals surface area contributed by atoms with Crippen molar-refractivity contribution in [3.8, 4) is 0 Å². The van der Waals surface area contributed by atoms with Crippen LogP contribution >= 0.6 is 70.6 Å². The smallest absolute Gasteiger partial charge is 0.0792 e. The van der Waals surface area contributed by atoms with Crippen LogP contribution in [0.15, 0.2) is 0 Å². The zero-order chi connectivity index (χ0) is 14.0. The summed E-state index contributed by atoms with van der Waals surface area (Å²) in [6.45, 7) is 4.74. The van der Waals surface area contributed by atoms with Gasteiger partial charge >= 0.3 is 0 Å². The van der Waals surface area contributed by atoms with Gasteiger partial charge in [-0.3, -0.25) is 0 Å². The first-order valence-electron chi connectivity index (χ1n) is 6.80. The van der Waals surface area contributed by atoms with E-state index in [1.165, 1.54) is 46.7 Å². The molecule has 0 N–H and O–H groups in total. The van der Waals surface area contributed by atoms with Crippen molar-refractivity contribution in [3.05, 3.63) is 0 Å². The minimum atomic E-state index is 0.448. The zero-order valence-electron chi connectivity index (χ0n) is 12.2. The fraction of sp³-hybridized carbons (Fsp3) is 1.00. The third-order valence-electron chi connectivity index (χ3n) is 2.69. The Morgan fingerprint density at radius 1 is 1.00 bits per heavy atom. The molecule has 6 heteroatoms. The van der Waals surface area contributed by atoms with Crippen molar-refractivity contribution in [1.29, 1.82) is 0 Å². The van der Waals surface area contributed by atoms with Crippen LogP contribution in [0.1, 0.15) is 20.3 Å². The molecule has 0 saturated carbocycles. The fourth-order valence-corrected chi connectivity index (χ4v) is 10.3. The second-order valence-corrected chi connectivity index (χ2v) is 12.7. The van der Waals surface area contributed by atoms with E-state index in [2.05, 4.69) is 78.9 Å². The molecule has 0 aliphatic carbocycles. The Balaban J connectivity index is 2.31. The van der Waals surface area contributed by atoms with E-state index in [1.807, 2.05) is 11.8 Å². The molecule has 1 fully saturated rings. The molecule has 1 aliphatic rings. The van der Waals surface area contributed by atoms with Gasteiger partial charge < -0.3 is 0 Å². The van der Waals surface area contributed by atoms with Gasteiger partial charge in [0.15, 0.2) is 0 Å². The third-order valence-corrected chi connectivity index (χ3v) is 12.3. The zero-order valence-corrected chi connectivity index (χ0v) is 17.1. The van der Waals surface area contributed by atoms with Gasteiger partial charge in [0, 0.05) is 34.5 Å². The van der Waals surface area contributed by atoms with Crippen molar-refractivity contribution in [3.63, 3.8) is 0 Å². The molecule has 0 nitrogen and oxygen atoms in total. The molecule has 1 saturated heterocycles. The maximum absolute atomic E-state index is 2.47. The maximum Gasteiger partial charge on any atom is 0.0792 e. The summed E-state index contributed by atoms with van der Waals surface area (Å²) in [6, 6.07) is 0. The molecular weight excluding hydrogens is 349 g/mol. The molecule has 114 valence electrons. The van der Waals surface area contributed by atoms with E-state index in [4.69, 9.17) is 0 Å². The summed E-state index contributed by atoms with van der Waals surface area (Å²) in [5, 5.41) is 0. The summed E-state index contributed by atoms with van der Waals surface area (Å²) >= 11 is 12.9. The number of hydrogen-bond acceptors (Lipinski definition) is 6. The molecule has 1 aliphatic heterocycles. The van der Waals surface area contributed by atoms with Crippen LogP contribution in [-0.4, -0.2) is 55.2 Å². The molecule has 0 aromatic heterocycles. The monoisotopic (exact) mass is 374 g/mol. The van der Waals surface area contributed by atoms with Crippen LogP contribution < -0.4 is 0 Å². The van der Waals surface area contributed by atoms with Gasteiger partial charge in [-0.2, -0.15) is 23.5 Å². The molecule has 0 aromatic rings. The van der Waals surface area contributed by atoms with Gasteiger partial charge in [-0.05, 0) is 25.4 Å². The Morgan fingerprint density at radius 3 is 2.21 bits per heavy atom. The van der Waals surface area contributed by atoms with Crippen LogP contribution in [0.25, 0.3) is 0 Å². The Bertz CT molecular complexity index is 217. The van der Waals surface area contributed by atoms with Crippen molar-refractivity contribution in [2.45, 2.75) is 28.9 Å². The number of thioether (sulfide) groups is 6. The molecule has 1 unspecified atom stereocenters. The van der Waals surface area contributed by atoms with E-state index in [9.17, 15) is 0 Å². The summed E-state index contributed by atoms with van der Waals surface area (Å²) in [7, 11) is 0. The largest absolute Gasteiger partial charge is 0.165 e. The summed E-state index contributed by atoms with van der Waals surface area (Å²) in [5.74, 6) is 9.24. The second kappa shape index (κ2) is 11.6. The van der Waals surface area contributed by atoms with E-state index < -0.39 is 0 Å². The molecule has 19 heavy (non-hydrogen) atoms. The molecule has 1 heterocycles. The number of rotatable bonds is 11. The Morgan fingerprint density at radius 2 is 1.63 bits per heavy atom. The standard InChI is InChI=1S/C13H26S6/c1-4-5-15-7-9-17-12(16-8-6-14-3)13(2)18-10-11-19-13/h12H,4-11H2,1-3H3. The first-order valence-corrected chi connectivity index (χ1v) is 13.4. The topological polar surface area (TPSA) is 0 Å². The summed E-state index contributed by atoms with van der Waals surface area (Å²) in [4.78, 5) is 0. The first-order chi connectivity index (χ1) is 9.23. The predicted molar refractivity (Wildman–Crippen MR) is 108 cm³/mol. The lowest BCUT2D eigenvalue weighted by molar-refractivity contribution is 1.01. The van der Waals surface area contributed by atoms with Gasteiger partial charge in [-0.1, -0.05) is 6.92 Å². The van der Waals surface area contributed by atoms with Gasteiger partial charge in [-0.25, -0.2) is 0 Å². The van der Waals surface area contributed by atoms with Crippen molar-refractivity contribution < 1.29 is 0 Å². The van der Waals surface area contributed by atoms with Crippen LogP contribution in [0.5, 0.6) is 0 Å². The first kappa shape index (κ1) is 19.1. The average molecular weight is 375 g/mol. The SMILES string of the molecule is CCCSCCSC(SCCSC)C1(C)SCCS1. The molecule has 0 bridgehead atoms. The third kappa shape index (κ3) is 7.78. The Labute approximate surface area is 145 Å². The molecule has 0 amide bonds. The van der Waals surface area contributed by atoms with E-state index >= 15 is 0 Å². The Hall–Kier alpha value is 2.10. The van der Waals surface area contributed by atoms with E-state index in [1.54, 1.807) is 0 Å². The summed E-state index contributed by atoms with van der Waals surface area (Å²) in [5.41, 5.74) is 0. The quantitative estimate of drug-likeness (QED) is 0.344. The summed E-state index contributed by atoms with van der Waals surface area (Å²) < 4.78 is 1.21. The predicted octanol–water partition coefficient (Wildman–Crippen LogP) is 5.48. The molecule has 1 atom stereocenters. The highest BCUT2D eigenvalue weighted by molar-refractivity contribution is 8.26. The average Bonchev–Trinajstić information content (AvgIpc) is 2.84. The number of hydrogen-bond donors (Lipinski definition) is 0. The summed E-state index contributed by atoms with van der Waals surface area (Å²) in [6.07, 6.45) is 3.52. The maximum atomic E-state index is 2.47. The van der Waals surface area contributed by atoms with Crippen molar-refractivity contribution in [2.24, 2.45) is 0 Å². The van der Waals surface area contributed by atoms with Crippen molar-refractivity contribution in [1.82, 2.24) is 0 Å². The van der Waals surface area contributed by atoms with Crippen LogP contribution in [0.4, 0.5) is 0 Å². The lowest BCUT2D eigenvalue weighted by Gasteiger charge is -2.31. The molecular formula is C13H26S6. The van der Waals surface area contributed by atoms with Gasteiger partial charge in [0.1, 0.15) is 0 Å². The van der Waals surface area contributed by atoms with Gasteiger partial charge in [0.05, 0.1) is 8.66 Å². The molecule has 0 aromatic carbocycles. The molecule has 0 spiro atoms. The second-order valence-electron chi connectivity index (χ2n) is 4.39. The normalized spacial score (nSPS) is 19.7. The fourth-order valence-electron chi connectivity index (χ4n) is 1.72. The van der Waals surface area contributed by atoms with Crippen LogP contribution in [0.2, 0.25) is 0 Å². The Kier molecular flexibility index (Phi) is 11.7. The highest BCUT2D eigenvalue weighted by Crippen LogP contribution is 2.53. The van der Waals surface area contributed by atoms with Crippen LogP contribution in [0.3, 0.4) is 0 Å². The lowest BCUT2D eigenvalue weighted by Crippen LogP contribution is -2.26. The minimum absolute atomic E-state index is 0.448. The van der Waals surface area contributed by atoms with E-state index in [0.29, 0.717) is 4.08 Å². The molecule has 0 radical (unpaired) electrons. The van der Waals surface area contributed by atoms with E-state index in [-0.39, 0.29) is 0 Å². The van der Waals surface area contributed by atoms with Crippen molar-refractivity contribution >= 4 is 70.6 Å². The highest BCUT2D eigenvalue weighted by Gasteiger charge is 2.39. The van der Waals surface area contributed by atoms with Crippen LogP contribution in [-0.2, 0) is 0 Å². The lowest BCUT2D eigenvalue weighted by atomic mass is 10.5. The minimum Gasteiger partial charge on any atom is -0.165 e. The van der Waals surface area contributed by atoms with Crippen molar-refractivity contribution in [2.75, 3.05) is 46.5 Å². The van der Waals surface area contributed by atoms with Crippen LogP contribution in [0, 0.1) is 0 Å².